The van der Waals surface area contributed by atoms with Gasteiger partial charge in [0.05, 0.1) is 7.11 Å². The first-order valence-corrected chi connectivity index (χ1v) is 9.13. The molecule has 3 rings (SSSR count). The van der Waals surface area contributed by atoms with E-state index in [0.29, 0.717) is 16.7 Å². The fourth-order valence-electron chi connectivity index (χ4n) is 2.63. The Balaban J connectivity index is 2.03. The molecule has 0 bridgehead atoms. The Kier molecular flexibility index (Phi) is 5.81. The van der Waals surface area contributed by atoms with Crippen LogP contribution in [0.15, 0.2) is 35.7 Å². The lowest BCUT2D eigenvalue weighted by atomic mass is 10.0. The number of hydrogen-bond acceptors (Lipinski definition) is 4. The summed E-state index contributed by atoms with van der Waals surface area (Å²) in [6, 6.07) is 6.88. The van der Waals surface area contributed by atoms with E-state index in [9.17, 15) is 27.9 Å². The van der Waals surface area contributed by atoms with Gasteiger partial charge in [-0.3, -0.25) is 4.79 Å². The molecule has 1 aromatic heterocycles. The SMILES string of the molecule is COc1cc(F)c(C(=O)Nc2scc(-c3cccc(Cl)c3)c2C(=O)O)c(F)c1F. The molecule has 10 heteroatoms. The van der Waals surface area contributed by atoms with Crippen LogP contribution in [0, 0.1) is 17.5 Å². The number of rotatable bonds is 5. The molecule has 150 valence electrons. The highest BCUT2D eigenvalue weighted by atomic mass is 35.5. The lowest BCUT2D eigenvalue weighted by Gasteiger charge is -2.10. The number of hydrogen-bond donors (Lipinski definition) is 2. The van der Waals surface area contributed by atoms with Crippen LogP contribution in [0.3, 0.4) is 0 Å². The Morgan fingerprint density at radius 1 is 1.14 bits per heavy atom. The first-order chi connectivity index (χ1) is 13.7. The molecule has 0 saturated carbocycles. The highest BCUT2D eigenvalue weighted by molar-refractivity contribution is 7.15. The molecule has 1 amide bonds. The topological polar surface area (TPSA) is 75.6 Å². The first kappa shape index (κ1) is 20.7. The lowest BCUT2D eigenvalue weighted by Crippen LogP contribution is -2.18. The van der Waals surface area contributed by atoms with Gasteiger partial charge in [-0.2, -0.15) is 4.39 Å². The van der Waals surface area contributed by atoms with Crippen LogP contribution in [0.1, 0.15) is 20.7 Å². The number of ether oxygens (including phenoxy) is 1. The van der Waals surface area contributed by atoms with Gasteiger partial charge in [-0.1, -0.05) is 23.7 Å². The number of carbonyl (C=O) groups excluding carboxylic acids is 1. The van der Waals surface area contributed by atoms with E-state index in [2.05, 4.69) is 10.1 Å². The van der Waals surface area contributed by atoms with E-state index >= 15 is 0 Å². The Hall–Kier alpha value is -3.04. The summed E-state index contributed by atoms with van der Waals surface area (Å²) in [5.74, 6) is -8.07. The van der Waals surface area contributed by atoms with Gasteiger partial charge in [0.1, 0.15) is 21.9 Å². The Morgan fingerprint density at radius 2 is 1.86 bits per heavy atom. The van der Waals surface area contributed by atoms with E-state index in [4.69, 9.17) is 11.6 Å². The zero-order chi connectivity index (χ0) is 21.3. The van der Waals surface area contributed by atoms with E-state index in [1.807, 2.05) is 0 Å². The third kappa shape index (κ3) is 3.92. The smallest absolute Gasteiger partial charge is 0.339 e. The van der Waals surface area contributed by atoms with Crippen molar-refractivity contribution in [3.63, 3.8) is 0 Å². The number of nitrogens with one attached hydrogen (secondary N) is 1. The van der Waals surface area contributed by atoms with E-state index in [1.54, 1.807) is 18.2 Å². The van der Waals surface area contributed by atoms with E-state index in [0.717, 1.165) is 18.4 Å². The molecule has 0 fully saturated rings. The fourth-order valence-corrected chi connectivity index (χ4v) is 3.77. The van der Waals surface area contributed by atoms with Crippen LogP contribution in [0.4, 0.5) is 18.2 Å². The Labute approximate surface area is 171 Å². The minimum atomic E-state index is -1.75. The first-order valence-electron chi connectivity index (χ1n) is 7.88. The van der Waals surface area contributed by atoms with Crippen LogP contribution in [-0.2, 0) is 0 Å². The molecule has 0 aliphatic heterocycles. The summed E-state index contributed by atoms with van der Waals surface area (Å²) in [5.41, 5.74) is -0.764. The van der Waals surface area contributed by atoms with E-state index < -0.39 is 40.6 Å². The maximum Gasteiger partial charge on any atom is 0.339 e. The molecule has 0 unspecified atom stereocenters. The van der Waals surface area contributed by atoms with Crippen molar-refractivity contribution < 1.29 is 32.6 Å². The van der Waals surface area contributed by atoms with Gasteiger partial charge >= 0.3 is 5.97 Å². The number of anilines is 1. The Bertz CT molecular complexity index is 1130. The molecule has 2 aromatic carbocycles. The summed E-state index contributed by atoms with van der Waals surface area (Å²) in [6.45, 7) is 0. The minimum Gasteiger partial charge on any atom is -0.493 e. The summed E-state index contributed by atoms with van der Waals surface area (Å²) in [4.78, 5) is 24.1. The second-order valence-corrected chi connectivity index (χ2v) is 7.00. The average molecular weight is 442 g/mol. The second-order valence-electron chi connectivity index (χ2n) is 5.69. The van der Waals surface area contributed by atoms with Crippen LogP contribution in [0.2, 0.25) is 5.02 Å². The molecule has 0 atom stereocenters. The third-order valence-electron chi connectivity index (χ3n) is 3.94. The maximum atomic E-state index is 14.2. The van der Waals surface area contributed by atoms with Gasteiger partial charge in [0, 0.05) is 22.0 Å². The molecule has 0 aliphatic carbocycles. The maximum absolute atomic E-state index is 14.2. The van der Waals surface area contributed by atoms with Crippen LogP contribution < -0.4 is 10.1 Å². The number of methoxy groups -OCH3 is 1. The fraction of sp³-hybridized carbons (Fsp3) is 0.0526. The highest BCUT2D eigenvalue weighted by Gasteiger charge is 2.27. The van der Waals surface area contributed by atoms with Crippen molar-refractivity contribution in [2.45, 2.75) is 0 Å². The molecule has 0 saturated heterocycles. The van der Waals surface area contributed by atoms with Crippen molar-refractivity contribution in [1.82, 2.24) is 0 Å². The van der Waals surface area contributed by atoms with Crippen LogP contribution in [0.5, 0.6) is 5.75 Å². The van der Waals surface area contributed by atoms with E-state index in [1.165, 1.54) is 11.4 Å². The average Bonchev–Trinajstić information content (AvgIpc) is 3.08. The molecule has 3 aromatic rings. The molecule has 0 radical (unpaired) electrons. The molecule has 29 heavy (non-hydrogen) atoms. The van der Waals surface area contributed by atoms with Gasteiger partial charge in [0.2, 0.25) is 5.82 Å². The van der Waals surface area contributed by atoms with Crippen molar-refractivity contribution in [2.24, 2.45) is 0 Å². The second kappa shape index (κ2) is 8.14. The number of carbonyl (C=O) groups is 2. The molecule has 0 aliphatic rings. The summed E-state index contributed by atoms with van der Waals surface area (Å²) in [6.07, 6.45) is 0. The zero-order valence-electron chi connectivity index (χ0n) is 14.6. The lowest BCUT2D eigenvalue weighted by molar-refractivity contribution is 0.0699. The summed E-state index contributed by atoms with van der Waals surface area (Å²) < 4.78 is 46.6. The van der Waals surface area contributed by atoms with Crippen molar-refractivity contribution in [3.8, 4) is 16.9 Å². The third-order valence-corrected chi connectivity index (χ3v) is 5.07. The minimum absolute atomic E-state index is 0.174. The quantitative estimate of drug-likeness (QED) is 0.516. The highest BCUT2D eigenvalue weighted by Crippen LogP contribution is 2.37. The van der Waals surface area contributed by atoms with Crippen molar-refractivity contribution in [3.05, 3.63) is 69.3 Å². The molecular weight excluding hydrogens is 431 g/mol. The number of thiophene rings is 1. The molecule has 1 heterocycles. The van der Waals surface area contributed by atoms with Crippen molar-refractivity contribution >= 4 is 39.8 Å². The predicted octanol–water partition coefficient (Wildman–Crippen LogP) is 5.44. The predicted molar refractivity (Wildman–Crippen MR) is 103 cm³/mol. The van der Waals surface area contributed by atoms with Gasteiger partial charge in [-0.15, -0.1) is 11.3 Å². The largest absolute Gasteiger partial charge is 0.493 e. The van der Waals surface area contributed by atoms with Gasteiger partial charge in [-0.05, 0) is 17.7 Å². The Morgan fingerprint density at radius 3 is 2.48 bits per heavy atom. The molecule has 0 spiro atoms. The van der Waals surface area contributed by atoms with E-state index in [-0.39, 0.29) is 16.1 Å². The van der Waals surface area contributed by atoms with Crippen LogP contribution >= 0.6 is 22.9 Å². The monoisotopic (exact) mass is 441 g/mol. The molecular formula is C19H11ClF3NO4S. The molecule has 2 N–H and O–H groups in total. The number of aromatic carboxylic acids is 1. The van der Waals surface area contributed by atoms with Gasteiger partial charge in [-0.25, -0.2) is 13.6 Å². The molecule has 5 nitrogen and oxygen atoms in total. The number of halogens is 4. The van der Waals surface area contributed by atoms with Crippen molar-refractivity contribution in [1.29, 1.82) is 0 Å². The van der Waals surface area contributed by atoms with Crippen LogP contribution in [-0.4, -0.2) is 24.1 Å². The zero-order valence-corrected chi connectivity index (χ0v) is 16.1. The standard InChI is InChI=1S/C19H11ClF3NO4S/c1-28-12-6-11(21)14(16(23)15(12)22)17(25)24-18-13(19(26)27)10(7-29-18)8-3-2-4-9(20)5-8/h2-7H,1H3,(H,24,25)(H,26,27). The summed E-state index contributed by atoms with van der Waals surface area (Å²) in [5, 5.41) is 13.4. The number of carboxylic acid groups (broad SMARTS) is 1. The number of amides is 1. The van der Waals surface area contributed by atoms with Gasteiger partial charge in [0.15, 0.2) is 11.6 Å². The van der Waals surface area contributed by atoms with Crippen LogP contribution in [0.25, 0.3) is 11.1 Å². The number of benzene rings is 2. The summed E-state index contributed by atoms with van der Waals surface area (Å²) in [7, 11) is 1.01. The number of carboxylic acids is 1. The van der Waals surface area contributed by atoms with Gasteiger partial charge < -0.3 is 15.2 Å². The van der Waals surface area contributed by atoms with Gasteiger partial charge in [0.25, 0.3) is 5.91 Å². The normalized spacial score (nSPS) is 10.7. The van der Waals surface area contributed by atoms with Crippen molar-refractivity contribution in [2.75, 3.05) is 12.4 Å². The summed E-state index contributed by atoms with van der Waals surface area (Å²) >= 11 is 6.76.